The molecule has 4 N–H and O–H groups in total. The Morgan fingerprint density at radius 2 is 2.05 bits per heavy atom. The molecule has 4 nitrogen and oxygen atoms in total. The van der Waals surface area contributed by atoms with E-state index in [1.165, 1.54) is 0 Å². The number of amides is 1. The molecule has 0 bridgehead atoms. The van der Waals surface area contributed by atoms with Crippen molar-refractivity contribution in [2.45, 2.75) is 25.0 Å². The average molecular weight is 319 g/mol. The highest BCUT2D eigenvalue weighted by Gasteiger charge is 2.14. The number of rotatable bonds is 8. The monoisotopic (exact) mass is 318 g/mol. The number of aliphatic hydroxyl groups is 1. The summed E-state index contributed by atoms with van der Waals surface area (Å²) in [5.74, 6) is 0.669. The Hall–Kier alpha value is -0.750. The van der Waals surface area contributed by atoms with Crippen LogP contribution in [0.3, 0.4) is 0 Å². The Bertz CT molecular complexity index is 379. The molecule has 0 fully saturated rings. The Balaban J connectivity index is 0.00000361. The summed E-state index contributed by atoms with van der Waals surface area (Å²) < 4.78 is 0. The number of hydrogen-bond acceptors (Lipinski definition) is 4. The molecule has 0 aliphatic carbocycles. The number of nitrogens with one attached hydrogen (secondary N) is 1. The summed E-state index contributed by atoms with van der Waals surface area (Å²) >= 11 is 1.66. The zero-order valence-electron chi connectivity index (χ0n) is 11.6. The SMILES string of the molecule is CSCC[C@H](N)C(=O)NCC(O)Cc1ccccc1.Cl. The van der Waals surface area contributed by atoms with Gasteiger partial charge < -0.3 is 16.2 Å². The fourth-order valence-electron chi connectivity index (χ4n) is 1.68. The zero-order valence-corrected chi connectivity index (χ0v) is 13.3. The highest BCUT2D eigenvalue weighted by Crippen LogP contribution is 2.03. The van der Waals surface area contributed by atoms with Crippen LogP contribution >= 0.6 is 24.2 Å². The van der Waals surface area contributed by atoms with Crippen LogP contribution in [0.15, 0.2) is 30.3 Å². The minimum absolute atomic E-state index is 0. The lowest BCUT2D eigenvalue weighted by atomic mass is 10.1. The first-order valence-corrected chi connectivity index (χ1v) is 7.77. The van der Waals surface area contributed by atoms with E-state index in [1.54, 1.807) is 11.8 Å². The smallest absolute Gasteiger partial charge is 0.237 e. The summed E-state index contributed by atoms with van der Waals surface area (Å²) in [6, 6.07) is 9.21. The molecular weight excluding hydrogens is 296 g/mol. The molecule has 0 aliphatic rings. The van der Waals surface area contributed by atoms with Crippen LogP contribution in [0.4, 0.5) is 0 Å². The van der Waals surface area contributed by atoms with Gasteiger partial charge in [0, 0.05) is 13.0 Å². The lowest BCUT2D eigenvalue weighted by Crippen LogP contribution is -2.44. The first kappa shape index (κ1) is 19.2. The van der Waals surface area contributed by atoms with Crippen molar-refractivity contribution in [2.75, 3.05) is 18.6 Å². The molecule has 1 amide bonds. The van der Waals surface area contributed by atoms with E-state index in [4.69, 9.17) is 5.73 Å². The molecule has 0 saturated heterocycles. The molecule has 0 aromatic heterocycles. The average Bonchev–Trinajstić information content (AvgIpc) is 2.43. The molecule has 0 spiro atoms. The zero-order chi connectivity index (χ0) is 14.1. The quantitative estimate of drug-likeness (QED) is 0.673. The third kappa shape index (κ3) is 7.75. The Kier molecular flexibility index (Phi) is 10.6. The Labute approximate surface area is 130 Å². The van der Waals surface area contributed by atoms with Gasteiger partial charge in [-0.3, -0.25) is 4.79 Å². The molecule has 1 rings (SSSR count). The molecular formula is C14H23ClN2O2S. The largest absolute Gasteiger partial charge is 0.391 e. The maximum atomic E-state index is 11.6. The lowest BCUT2D eigenvalue weighted by molar-refractivity contribution is -0.122. The van der Waals surface area contributed by atoms with E-state index in [0.29, 0.717) is 12.8 Å². The van der Waals surface area contributed by atoms with E-state index >= 15 is 0 Å². The molecule has 20 heavy (non-hydrogen) atoms. The molecule has 0 saturated carbocycles. The summed E-state index contributed by atoms with van der Waals surface area (Å²) in [6.45, 7) is 0.237. The number of nitrogens with two attached hydrogens (primary N) is 1. The van der Waals surface area contributed by atoms with Gasteiger partial charge in [0.1, 0.15) is 0 Å². The molecule has 2 atom stereocenters. The summed E-state index contributed by atoms with van der Waals surface area (Å²) in [4.78, 5) is 11.6. The van der Waals surface area contributed by atoms with Crippen LogP contribution in [-0.4, -0.2) is 41.7 Å². The Morgan fingerprint density at radius 1 is 1.40 bits per heavy atom. The van der Waals surface area contributed by atoms with E-state index < -0.39 is 12.1 Å². The van der Waals surface area contributed by atoms with Crippen LogP contribution in [0.5, 0.6) is 0 Å². The maximum absolute atomic E-state index is 11.6. The summed E-state index contributed by atoms with van der Waals surface area (Å²) in [6.07, 6.45) is 2.58. The van der Waals surface area contributed by atoms with Crippen molar-refractivity contribution in [3.63, 3.8) is 0 Å². The predicted octanol–water partition coefficient (Wildman–Crippen LogP) is 1.21. The van der Waals surface area contributed by atoms with E-state index in [9.17, 15) is 9.90 Å². The van der Waals surface area contributed by atoms with Crippen LogP contribution in [-0.2, 0) is 11.2 Å². The topological polar surface area (TPSA) is 75.4 Å². The summed E-state index contributed by atoms with van der Waals surface area (Å²) in [5, 5.41) is 12.5. The van der Waals surface area contributed by atoms with Crippen LogP contribution in [0.2, 0.25) is 0 Å². The van der Waals surface area contributed by atoms with Gasteiger partial charge in [0.15, 0.2) is 0 Å². The predicted molar refractivity (Wildman–Crippen MR) is 87.4 cm³/mol. The molecule has 0 radical (unpaired) electrons. The van der Waals surface area contributed by atoms with Crippen molar-refractivity contribution in [3.05, 3.63) is 35.9 Å². The first-order chi connectivity index (χ1) is 9.13. The number of benzene rings is 1. The van der Waals surface area contributed by atoms with E-state index in [2.05, 4.69) is 5.32 Å². The summed E-state index contributed by atoms with van der Waals surface area (Å²) in [7, 11) is 0. The van der Waals surface area contributed by atoms with Gasteiger partial charge in [-0.15, -0.1) is 12.4 Å². The Morgan fingerprint density at radius 3 is 2.65 bits per heavy atom. The van der Waals surface area contributed by atoms with Crippen molar-refractivity contribution in [1.29, 1.82) is 0 Å². The molecule has 1 aromatic rings. The molecule has 114 valence electrons. The van der Waals surface area contributed by atoms with Gasteiger partial charge in [0.2, 0.25) is 5.91 Å². The minimum atomic E-state index is -0.584. The van der Waals surface area contributed by atoms with Gasteiger partial charge in [-0.2, -0.15) is 11.8 Å². The number of carbonyl (C=O) groups excluding carboxylic acids is 1. The lowest BCUT2D eigenvalue weighted by Gasteiger charge is -2.15. The second-order valence-electron chi connectivity index (χ2n) is 4.48. The second-order valence-corrected chi connectivity index (χ2v) is 5.46. The molecule has 1 aromatic carbocycles. The van der Waals surface area contributed by atoms with Gasteiger partial charge in [-0.1, -0.05) is 30.3 Å². The van der Waals surface area contributed by atoms with Crippen LogP contribution < -0.4 is 11.1 Å². The number of carbonyl (C=O) groups is 1. The van der Waals surface area contributed by atoms with Gasteiger partial charge in [0.25, 0.3) is 0 Å². The number of aliphatic hydroxyl groups excluding tert-OH is 1. The molecule has 1 unspecified atom stereocenters. The number of halogens is 1. The summed E-state index contributed by atoms with van der Waals surface area (Å²) in [5.41, 5.74) is 6.79. The highest BCUT2D eigenvalue weighted by molar-refractivity contribution is 7.98. The van der Waals surface area contributed by atoms with E-state index in [1.807, 2.05) is 36.6 Å². The van der Waals surface area contributed by atoms with E-state index in [-0.39, 0.29) is 24.9 Å². The number of thioether (sulfide) groups is 1. The number of hydrogen-bond donors (Lipinski definition) is 3. The second kappa shape index (κ2) is 11.0. The first-order valence-electron chi connectivity index (χ1n) is 6.37. The third-order valence-electron chi connectivity index (χ3n) is 2.80. The van der Waals surface area contributed by atoms with Crippen molar-refractivity contribution in [1.82, 2.24) is 5.32 Å². The highest BCUT2D eigenvalue weighted by atomic mass is 35.5. The molecule has 0 aliphatic heterocycles. The minimum Gasteiger partial charge on any atom is -0.391 e. The molecule has 0 heterocycles. The standard InChI is InChI=1S/C14H22N2O2S.ClH/c1-19-8-7-13(15)14(18)16-10-12(17)9-11-5-3-2-4-6-11;/h2-6,12-13,17H,7-10,15H2,1H3,(H,16,18);1H/t12?,13-;/m0./s1. The van der Waals surface area contributed by atoms with Gasteiger partial charge in [0.05, 0.1) is 12.1 Å². The third-order valence-corrected chi connectivity index (χ3v) is 3.44. The van der Waals surface area contributed by atoms with Crippen molar-refractivity contribution < 1.29 is 9.90 Å². The normalized spacial score (nSPS) is 13.2. The van der Waals surface area contributed by atoms with E-state index in [0.717, 1.165) is 11.3 Å². The van der Waals surface area contributed by atoms with Crippen molar-refractivity contribution in [3.8, 4) is 0 Å². The van der Waals surface area contributed by atoms with Gasteiger partial charge in [-0.25, -0.2) is 0 Å². The van der Waals surface area contributed by atoms with Gasteiger partial charge in [-0.05, 0) is 24.0 Å². The van der Waals surface area contributed by atoms with Crippen molar-refractivity contribution >= 4 is 30.1 Å². The van der Waals surface area contributed by atoms with Crippen LogP contribution in [0.25, 0.3) is 0 Å². The van der Waals surface area contributed by atoms with Crippen LogP contribution in [0, 0.1) is 0 Å². The fourth-order valence-corrected chi connectivity index (χ4v) is 2.17. The maximum Gasteiger partial charge on any atom is 0.237 e. The van der Waals surface area contributed by atoms with Gasteiger partial charge >= 0.3 is 0 Å². The van der Waals surface area contributed by atoms with Crippen LogP contribution in [0.1, 0.15) is 12.0 Å². The fraction of sp³-hybridized carbons (Fsp3) is 0.500. The molecule has 6 heteroatoms. The van der Waals surface area contributed by atoms with Crippen molar-refractivity contribution in [2.24, 2.45) is 5.73 Å².